The molecule has 74 valence electrons. The molecule has 0 aliphatic carbocycles. The lowest BCUT2D eigenvalue weighted by Gasteiger charge is -2.03. The first-order valence-electron chi connectivity index (χ1n) is 4.03. The van der Waals surface area contributed by atoms with Gasteiger partial charge in [-0.3, -0.25) is 0 Å². The SMILES string of the molecule is CNC(=O)OCc1cccc(N=O)c1. The van der Waals surface area contributed by atoms with Crippen molar-refractivity contribution in [2.45, 2.75) is 6.61 Å². The van der Waals surface area contributed by atoms with Gasteiger partial charge in [-0.05, 0) is 22.9 Å². The van der Waals surface area contributed by atoms with Crippen LogP contribution in [-0.2, 0) is 11.3 Å². The molecule has 14 heavy (non-hydrogen) atoms. The first kappa shape index (κ1) is 10.2. The quantitative estimate of drug-likeness (QED) is 0.747. The molecular formula is C9H10N2O3. The molecule has 0 bridgehead atoms. The fourth-order valence-corrected chi connectivity index (χ4v) is 0.924. The van der Waals surface area contributed by atoms with Gasteiger partial charge in [-0.1, -0.05) is 12.1 Å². The minimum absolute atomic E-state index is 0.128. The highest BCUT2D eigenvalue weighted by Gasteiger charge is 2.00. The summed E-state index contributed by atoms with van der Waals surface area (Å²) >= 11 is 0. The Bertz CT molecular complexity index is 339. The maximum Gasteiger partial charge on any atom is 0.407 e. The minimum atomic E-state index is -0.505. The second kappa shape index (κ2) is 4.96. The Morgan fingerprint density at radius 2 is 2.36 bits per heavy atom. The van der Waals surface area contributed by atoms with Crippen molar-refractivity contribution in [2.24, 2.45) is 5.18 Å². The van der Waals surface area contributed by atoms with Gasteiger partial charge in [-0.15, -0.1) is 4.91 Å². The van der Waals surface area contributed by atoms with Crippen molar-refractivity contribution in [1.29, 1.82) is 0 Å². The third-order valence-electron chi connectivity index (χ3n) is 1.59. The second-order valence-corrected chi connectivity index (χ2v) is 2.59. The predicted octanol–water partition coefficient (Wildman–Crippen LogP) is 1.94. The van der Waals surface area contributed by atoms with Gasteiger partial charge in [-0.2, -0.15) is 0 Å². The Kier molecular flexibility index (Phi) is 3.60. The van der Waals surface area contributed by atoms with Crippen molar-refractivity contribution in [2.75, 3.05) is 7.05 Å². The van der Waals surface area contributed by atoms with E-state index < -0.39 is 6.09 Å². The molecule has 0 fully saturated rings. The molecular weight excluding hydrogens is 184 g/mol. The third-order valence-corrected chi connectivity index (χ3v) is 1.59. The van der Waals surface area contributed by atoms with Crippen LogP contribution in [0.25, 0.3) is 0 Å². The van der Waals surface area contributed by atoms with E-state index >= 15 is 0 Å². The van der Waals surface area contributed by atoms with Crippen LogP contribution in [-0.4, -0.2) is 13.1 Å². The Balaban J connectivity index is 2.58. The van der Waals surface area contributed by atoms with Crippen LogP contribution in [0.3, 0.4) is 0 Å². The fourth-order valence-electron chi connectivity index (χ4n) is 0.924. The molecule has 1 aromatic rings. The number of ether oxygens (including phenoxy) is 1. The van der Waals surface area contributed by atoms with Gasteiger partial charge in [-0.25, -0.2) is 4.79 Å². The molecule has 0 radical (unpaired) electrons. The minimum Gasteiger partial charge on any atom is -0.445 e. The molecule has 1 rings (SSSR count). The molecule has 0 aliphatic heterocycles. The van der Waals surface area contributed by atoms with Gasteiger partial charge >= 0.3 is 6.09 Å². The number of alkyl carbamates (subject to hydrolysis) is 1. The maximum atomic E-state index is 10.7. The number of hydrogen-bond donors (Lipinski definition) is 1. The zero-order valence-electron chi connectivity index (χ0n) is 7.69. The lowest BCUT2D eigenvalue weighted by Crippen LogP contribution is -2.18. The van der Waals surface area contributed by atoms with Crippen LogP contribution in [0.15, 0.2) is 29.4 Å². The number of nitroso groups, excluding NO2 is 1. The van der Waals surface area contributed by atoms with Crippen molar-refractivity contribution in [1.82, 2.24) is 5.32 Å². The zero-order chi connectivity index (χ0) is 10.4. The average molecular weight is 194 g/mol. The largest absolute Gasteiger partial charge is 0.445 e. The van der Waals surface area contributed by atoms with Crippen molar-refractivity contribution < 1.29 is 9.53 Å². The Labute approximate surface area is 81.0 Å². The molecule has 0 atom stereocenters. The highest BCUT2D eigenvalue weighted by molar-refractivity contribution is 5.66. The normalized spacial score (nSPS) is 9.21. The van der Waals surface area contributed by atoms with E-state index in [0.717, 1.165) is 5.56 Å². The summed E-state index contributed by atoms with van der Waals surface area (Å²) < 4.78 is 4.78. The maximum absolute atomic E-state index is 10.7. The summed E-state index contributed by atoms with van der Waals surface area (Å²) in [6.07, 6.45) is -0.505. The lowest BCUT2D eigenvalue weighted by atomic mass is 10.2. The Morgan fingerprint density at radius 1 is 1.57 bits per heavy atom. The number of amides is 1. The molecule has 0 saturated carbocycles. The van der Waals surface area contributed by atoms with E-state index in [1.807, 2.05) is 0 Å². The fraction of sp³-hybridized carbons (Fsp3) is 0.222. The first-order chi connectivity index (χ1) is 6.76. The van der Waals surface area contributed by atoms with Crippen LogP contribution in [0.1, 0.15) is 5.56 Å². The zero-order valence-corrected chi connectivity index (χ0v) is 7.69. The molecule has 0 spiro atoms. The van der Waals surface area contributed by atoms with E-state index in [-0.39, 0.29) is 6.61 Å². The van der Waals surface area contributed by atoms with E-state index in [2.05, 4.69) is 10.5 Å². The standard InChI is InChI=1S/C9H10N2O3/c1-10-9(12)14-6-7-3-2-4-8(5-7)11-13/h2-5H,6H2,1H3,(H,10,12). The van der Waals surface area contributed by atoms with E-state index in [1.165, 1.54) is 7.05 Å². The Morgan fingerprint density at radius 3 is 3.00 bits per heavy atom. The van der Waals surface area contributed by atoms with Crippen LogP contribution in [0.4, 0.5) is 10.5 Å². The number of hydrogen-bond acceptors (Lipinski definition) is 4. The van der Waals surface area contributed by atoms with Crippen LogP contribution < -0.4 is 5.32 Å². The number of nitrogens with one attached hydrogen (secondary N) is 1. The number of carbonyl (C=O) groups excluding carboxylic acids is 1. The van der Waals surface area contributed by atoms with Crippen molar-refractivity contribution in [3.8, 4) is 0 Å². The number of nitrogens with zero attached hydrogens (tertiary/aromatic N) is 1. The second-order valence-electron chi connectivity index (χ2n) is 2.59. The predicted molar refractivity (Wildman–Crippen MR) is 51.1 cm³/mol. The molecule has 0 aliphatic rings. The van der Waals surface area contributed by atoms with Gasteiger partial charge in [0.15, 0.2) is 0 Å². The summed E-state index contributed by atoms with van der Waals surface area (Å²) in [5, 5.41) is 5.09. The van der Waals surface area contributed by atoms with E-state index in [9.17, 15) is 9.70 Å². The van der Waals surface area contributed by atoms with Gasteiger partial charge in [0.1, 0.15) is 12.3 Å². The third kappa shape index (κ3) is 2.85. The number of carbonyl (C=O) groups is 1. The smallest absolute Gasteiger partial charge is 0.407 e. The van der Waals surface area contributed by atoms with E-state index in [1.54, 1.807) is 24.3 Å². The summed E-state index contributed by atoms with van der Waals surface area (Å²) in [5.74, 6) is 0. The summed E-state index contributed by atoms with van der Waals surface area (Å²) in [6.45, 7) is 0.128. The Hall–Kier alpha value is -1.91. The first-order valence-corrected chi connectivity index (χ1v) is 4.03. The molecule has 0 aromatic heterocycles. The van der Waals surface area contributed by atoms with E-state index in [4.69, 9.17) is 4.74 Å². The molecule has 1 N–H and O–H groups in total. The molecule has 0 heterocycles. The average Bonchev–Trinajstić information content (AvgIpc) is 2.26. The van der Waals surface area contributed by atoms with Gasteiger partial charge in [0, 0.05) is 7.05 Å². The topological polar surface area (TPSA) is 67.8 Å². The van der Waals surface area contributed by atoms with Crippen LogP contribution in [0.2, 0.25) is 0 Å². The van der Waals surface area contributed by atoms with Crippen molar-refractivity contribution in [3.63, 3.8) is 0 Å². The van der Waals surface area contributed by atoms with Gasteiger partial charge in [0.25, 0.3) is 0 Å². The molecule has 1 amide bonds. The monoisotopic (exact) mass is 194 g/mol. The van der Waals surface area contributed by atoms with Crippen molar-refractivity contribution in [3.05, 3.63) is 34.7 Å². The van der Waals surface area contributed by atoms with E-state index in [0.29, 0.717) is 5.69 Å². The molecule has 1 aromatic carbocycles. The molecule has 0 saturated heterocycles. The summed E-state index contributed by atoms with van der Waals surface area (Å²) in [5.41, 5.74) is 1.05. The molecule has 5 nitrogen and oxygen atoms in total. The molecule has 0 unspecified atom stereocenters. The van der Waals surface area contributed by atoms with Crippen molar-refractivity contribution >= 4 is 11.8 Å². The van der Waals surface area contributed by atoms with Crippen LogP contribution in [0, 0.1) is 4.91 Å². The lowest BCUT2D eigenvalue weighted by molar-refractivity contribution is 0.142. The van der Waals surface area contributed by atoms with Gasteiger partial charge in [0.05, 0.1) is 0 Å². The number of rotatable bonds is 3. The highest BCUT2D eigenvalue weighted by atomic mass is 16.5. The highest BCUT2D eigenvalue weighted by Crippen LogP contribution is 2.13. The number of benzene rings is 1. The van der Waals surface area contributed by atoms with Crippen LogP contribution in [0.5, 0.6) is 0 Å². The van der Waals surface area contributed by atoms with Crippen LogP contribution >= 0.6 is 0 Å². The summed E-state index contributed by atoms with van der Waals surface area (Å²) in [4.78, 5) is 20.9. The summed E-state index contributed by atoms with van der Waals surface area (Å²) in [7, 11) is 1.48. The van der Waals surface area contributed by atoms with Gasteiger partial charge in [0.2, 0.25) is 0 Å². The summed E-state index contributed by atoms with van der Waals surface area (Å²) in [6, 6.07) is 6.57. The van der Waals surface area contributed by atoms with Gasteiger partial charge < -0.3 is 10.1 Å². The molecule has 5 heteroatoms.